The lowest BCUT2D eigenvalue weighted by atomic mass is 9.99. The van der Waals surface area contributed by atoms with E-state index >= 15 is 0 Å². The van der Waals surface area contributed by atoms with Crippen molar-refractivity contribution in [3.05, 3.63) is 139 Å². The third-order valence-corrected chi connectivity index (χ3v) is 8.12. The van der Waals surface area contributed by atoms with Crippen molar-refractivity contribution in [2.75, 3.05) is 0 Å². The minimum Gasteiger partial charge on any atom is -0.456 e. The predicted octanol–water partition coefficient (Wildman–Crippen LogP) is 10.2. The van der Waals surface area contributed by atoms with E-state index in [9.17, 15) is 0 Å². The van der Waals surface area contributed by atoms with Crippen LogP contribution in [0.1, 0.15) is 5.56 Å². The van der Waals surface area contributed by atoms with Crippen molar-refractivity contribution in [3.63, 3.8) is 0 Å². The van der Waals surface area contributed by atoms with E-state index in [1.165, 1.54) is 44.1 Å². The van der Waals surface area contributed by atoms with Crippen LogP contribution in [0.25, 0.3) is 71.7 Å². The third-order valence-electron chi connectivity index (χ3n) is 8.12. The smallest absolute Gasteiger partial charge is 0.136 e. The summed E-state index contributed by atoms with van der Waals surface area (Å²) in [6.45, 7) is 4.29. The first-order valence-electron chi connectivity index (χ1n) is 13.8. The Balaban J connectivity index is 1.25. The first kappa shape index (κ1) is 23.5. The number of benzene rings is 6. The summed E-state index contributed by atoms with van der Waals surface area (Å²) < 4.78 is 8.54. The summed E-state index contributed by atoms with van der Waals surface area (Å²) in [5.74, 6) is 0. The molecule has 2 heterocycles. The van der Waals surface area contributed by atoms with Gasteiger partial charge in [-0.2, -0.15) is 0 Å². The Hall–Kier alpha value is -5.41. The molecule has 0 radical (unpaired) electrons. The van der Waals surface area contributed by atoms with E-state index in [0.29, 0.717) is 6.54 Å². The van der Waals surface area contributed by atoms with Gasteiger partial charge in [0.25, 0.3) is 0 Å². The fraction of sp³-hybridized carbons (Fsp3) is 0.0263. The van der Waals surface area contributed by atoms with Crippen molar-refractivity contribution < 1.29 is 4.42 Å². The number of aromatic nitrogens is 1. The van der Waals surface area contributed by atoms with E-state index in [2.05, 4.69) is 138 Å². The molecule has 194 valence electrons. The lowest BCUT2D eigenvalue weighted by Crippen LogP contribution is -1.94. The second-order valence-corrected chi connectivity index (χ2v) is 10.5. The summed E-state index contributed by atoms with van der Waals surface area (Å²) in [4.78, 5) is 4.11. The summed E-state index contributed by atoms with van der Waals surface area (Å²) in [6, 6.07) is 47.4. The predicted molar refractivity (Wildman–Crippen MR) is 172 cm³/mol. The number of nitrogens with zero attached hydrogens (tertiary/aromatic N) is 2. The summed E-state index contributed by atoms with van der Waals surface area (Å²) >= 11 is 0. The molecule has 8 rings (SSSR count). The fourth-order valence-corrected chi connectivity index (χ4v) is 6.19. The highest BCUT2D eigenvalue weighted by molar-refractivity contribution is 6.11. The van der Waals surface area contributed by atoms with Crippen LogP contribution in [0.4, 0.5) is 0 Å². The van der Waals surface area contributed by atoms with Crippen molar-refractivity contribution in [3.8, 4) is 27.9 Å². The normalized spacial score (nSPS) is 11.6. The number of aliphatic imine (C=N–C) groups is 1. The van der Waals surface area contributed by atoms with Gasteiger partial charge in [0.05, 0.1) is 17.6 Å². The number of hydrogen-bond donors (Lipinski definition) is 0. The molecular weight excluding hydrogens is 500 g/mol. The highest BCUT2D eigenvalue weighted by atomic mass is 16.3. The van der Waals surface area contributed by atoms with Gasteiger partial charge in [0, 0.05) is 27.2 Å². The molecule has 0 aliphatic carbocycles. The quantitative estimate of drug-likeness (QED) is 0.205. The van der Waals surface area contributed by atoms with Gasteiger partial charge in [-0.05, 0) is 83.1 Å². The standard InChI is InChI=1S/C38H26N2O/c1-39-24-28-8-2-3-9-30(28)25-14-18-29(19-15-25)40-35-12-6-4-10-31(35)34-22-26(17-21-36(34)40)27-16-20-33-32-11-5-7-13-37(32)41-38(33)23-27/h2-23H,1,24H2. The summed E-state index contributed by atoms with van der Waals surface area (Å²) in [6.07, 6.45) is 0. The molecule has 8 aromatic rings. The summed E-state index contributed by atoms with van der Waals surface area (Å²) in [5.41, 5.74) is 11.2. The lowest BCUT2D eigenvalue weighted by molar-refractivity contribution is 0.669. The average molecular weight is 527 g/mol. The average Bonchev–Trinajstić information content (AvgIpc) is 3.56. The molecule has 0 aliphatic heterocycles. The van der Waals surface area contributed by atoms with E-state index < -0.39 is 0 Å². The highest BCUT2D eigenvalue weighted by Crippen LogP contribution is 2.37. The van der Waals surface area contributed by atoms with Gasteiger partial charge >= 0.3 is 0 Å². The zero-order valence-corrected chi connectivity index (χ0v) is 22.4. The molecule has 0 aliphatic rings. The van der Waals surface area contributed by atoms with Crippen LogP contribution >= 0.6 is 0 Å². The molecule has 3 nitrogen and oxygen atoms in total. The highest BCUT2D eigenvalue weighted by Gasteiger charge is 2.15. The molecule has 41 heavy (non-hydrogen) atoms. The number of fused-ring (bicyclic) bond motifs is 6. The van der Waals surface area contributed by atoms with Crippen LogP contribution in [0.5, 0.6) is 0 Å². The molecular formula is C38H26N2O. The number of furan rings is 1. The largest absolute Gasteiger partial charge is 0.456 e. The first-order chi connectivity index (χ1) is 20.3. The molecule has 3 heteroatoms. The summed E-state index contributed by atoms with van der Waals surface area (Å²) in [7, 11) is 0. The Morgan fingerprint density at radius 2 is 1.20 bits per heavy atom. The van der Waals surface area contributed by atoms with Crippen LogP contribution in [0.2, 0.25) is 0 Å². The molecule has 0 bridgehead atoms. The Labute approximate surface area is 237 Å². The summed E-state index contributed by atoms with van der Waals surface area (Å²) in [5, 5.41) is 4.77. The van der Waals surface area contributed by atoms with Crippen LogP contribution in [0.15, 0.2) is 143 Å². The second kappa shape index (κ2) is 9.35. The van der Waals surface area contributed by atoms with Gasteiger partial charge in [0.2, 0.25) is 0 Å². The van der Waals surface area contributed by atoms with E-state index in [1.54, 1.807) is 0 Å². The topological polar surface area (TPSA) is 30.4 Å². The van der Waals surface area contributed by atoms with Gasteiger partial charge in [-0.15, -0.1) is 0 Å². The molecule has 0 amide bonds. The zero-order valence-electron chi connectivity index (χ0n) is 22.4. The minimum absolute atomic E-state index is 0.608. The molecule has 0 saturated carbocycles. The molecule has 0 fully saturated rings. The number of rotatable bonds is 5. The van der Waals surface area contributed by atoms with E-state index in [4.69, 9.17) is 4.42 Å². The van der Waals surface area contributed by atoms with Crippen molar-refractivity contribution in [2.45, 2.75) is 6.54 Å². The molecule has 6 aromatic carbocycles. The van der Waals surface area contributed by atoms with Crippen LogP contribution in [-0.2, 0) is 6.54 Å². The van der Waals surface area contributed by atoms with E-state index in [0.717, 1.165) is 33.2 Å². The second-order valence-electron chi connectivity index (χ2n) is 10.5. The van der Waals surface area contributed by atoms with Crippen molar-refractivity contribution in [1.82, 2.24) is 4.57 Å². The van der Waals surface area contributed by atoms with Gasteiger partial charge in [0.1, 0.15) is 11.2 Å². The van der Waals surface area contributed by atoms with Gasteiger partial charge in [0.15, 0.2) is 0 Å². The van der Waals surface area contributed by atoms with Crippen LogP contribution in [0.3, 0.4) is 0 Å². The molecule has 0 unspecified atom stereocenters. The first-order valence-corrected chi connectivity index (χ1v) is 13.8. The van der Waals surface area contributed by atoms with Gasteiger partial charge < -0.3 is 8.98 Å². The van der Waals surface area contributed by atoms with Gasteiger partial charge in [-0.1, -0.05) is 84.9 Å². The molecule has 0 saturated heterocycles. The third kappa shape index (κ3) is 3.78. The van der Waals surface area contributed by atoms with Crippen molar-refractivity contribution in [1.29, 1.82) is 0 Å². The molecule has 0 atom stereocenters. The maximum absolute atomic E-state index is 6.18. The van der Waals surface area contributed by atoms with E-state index in [-0.39, 0.29) is 0 Å². The minimum atomic E-state index is 0.608. The van der Waals surface area contributed by atoms with Crippen LogP contribution < -0.4 is 0 Å². The lowest BCUT2D eigenvalue weighted by Gasteiger charge is -2.11. The van der Waals surface area contributed by atoms with Crippen molar-refractivity contribution >= 4 is 50.5 Å². The molecule has 0 N–H and O–H groups in total. The van der Waals surface area contributed by atoms with Gasteiger partial charge in [-0.3, -0.25) is 4.99 Å². The van der Waals surface area contributed by atoms with Crippen LogP contribution in [0, 0.1) is 0 Å². The monoisotopic (exact) mass is 526 g/mol. The maximum Gasteiger partial charge on any atom is 0.136 e. The van der Waals surface area contributed by atoms with Crippen LogP contribution in [-0.4, -0.2) is 11.3 Å². The Morgan fingerprint density at radius 3 is 2.07 bits per heavy atom. The molecule has 0 spiro atoms. The Morgan fingerprint density at radius 1 is 0.537 bits per heavy atom. The zero-order chi connectivity index (χ0) is 27.3. The SMILES string of the molecule is C=NCc1ccccc1-c1ccc(-n2c3ccccc3c3cc(-c4ccc5c(c4)oc4ccccc45)ccc32)cc1. The Bertz CT molecular complexity index is 2250. The van der Waals surface area contributed by atoms with Crippen molar-refractivity contribution in [2.24, 2.45) is 4.99 Å². The molecule has 2 aromatic heterocycles. The number of hydrogen-bond acceptors (Lipinski definition) is 2. The van der Waals surface area contributed by atoms with E-state index in [1.807, 2.05) is 12.1 Å². The number of para-hydroxylation sites is 2. The Kier molecular flexibility index (Phi) is 5.36. The van der Waals surface area contributed by atoms with Gasteiger partial charge in [-0.25, -0.2) is 0 Å². The maximum atomic E-state index is 6.18. The fourth-order valence-electron chi connectivity index (χ4n) is 6.19.